The molecule has 1 aliphatic rings. The number of benzene rings is 1. The van der Waals surface area contributed by atoms with E-state index in [2.05, 4.69) is 20.7 Å². The van der Waals surface area contributed by atoms with Crippen LogP contribution in [0.4, 0.5) is 9.18 Å². The molecule has 0 N–H and O–H groups in total. The summed E-state index contributed by atoms with van der Waals surface area (Å²) in [5.74, 6) is -0.905. The van der Waals surface area contributed by atoms with Crippen LogP contribution in [0.3, 0.4) is 0 Å². The lowest BCUT2D eigenvalue weighted by atomic mass is 10.2. The lowest BCUT2D eigenvalue weighted by Gasteiger charge is -2.21. The van der Waals surface area contributed by atoms with Crippen molar-refractivity contribution in [2.24, 2.45) is 0 Å². The van der Waals surface area contributed by atoms with Crippen LogP contribution >= 0.6 is 15.9 Å². The van der Waals surface area contributed by atoms with Crippen LogP contribution < -0.4 is 0 Å². The highest BCUT2D eigenvalue weighted by molar-refractivity contribution is 9.10. The molecule has 0 aromatic heterocycles. The number of carbonyl (C=O) groups excluding carboxylic acids is 2. The van der Waals surface area contributed by atoms with E-state index in [9.17, 15) is 14.0 Å². The maximum Gasteiger partial charge on any atom is 0.409 e. The van der Waals surface area contributed by atoms with Gasteiger partial charge in [-0.15, -0.1) is 0 Å². The molecule has 21 heavy (non-hydrogen) atoms. The Morgan fingerprint density at radius 1 is 1.19 bits per heavy atom. The van der Waals surface area contributed by atoms with Gasteiger partial charge in [0, 0.05) is 30.7 Å². The van der Waals surface area contributed by atoms with Gasteiger partial charge in [-0.25, -0.2) is 9.18 Å². The molecule has 0 aliphatic carbocycles. The number of nitrogens with zero attached hydrogens (tertiary/aromatic N) is 2. The van der Waals surface area contributed by atoms with Gasteiger partial charge in [0.25, 0.3) is 5.91 Å². The standard InChI is InChI=1S/C14H16BrFN2O3/c1-21-14(20)18-6-2-5-17(7-8-18)13(19)11-9-10(15)3-4-12(11)16/h3-4,9H,2,5-8H2,1H3. The van der Waals surface area contributed by atoms with E-state index < -0.39 is 11.9 Å². The monoisotopic (exact) mass is 358 g/mol. The molecule has 114 valence electrons. The predicted octanol–water partition coefficient (Wildman–Crippen LogP) is 2.50. The van der Waals surface area contributed by atoms with Gasteiger partial charge >= 0.3 is 6.09 Å². The van der Waals surface area contributed by atoms with Crippen LogP contribution in [0, 0.1) is 5.82 Å². The molecule has 1 aromatic carbocycles. The zero-order valence-corrected chi connectivity index (χ0v) is 13.2. The fraction of sp³-hybridized carbons (Fsp3) is 0.429. The van der Waals surface area contributed by atoms with E-state index >= 15 is 0 Å². The first-order valence-electron chi connectivity index (χ1n) is 6.60. The number of hydrogen-bond donors (Lipinski definition) is 0. The molecule has 1 aliphatic heterocycles. The first-order chi connectivity index (χ1) is 10.0. The molecule has 0 spiro atoms. The number of amides is 2. The van der Waals surface area contributed by atoms with Gasteiger partial charge in [-0.1, -0.05) is 15.9 Å². The minimum Gasteiger partial charge on any atom is -0.453 e. The molecule has 0 radical (unpaired) electrons. The first-order valence-corrected chi connectivity index (χ1v) is 7.39. The summed E-state index contributed by atoms with van der Waals surface area (Å²) >= 11 is 3.24. The van der Waals surface area contributed by atoms with Crippen LogP contribution in [-0.2, 0) is 4.74 Å². The Morgan fingerprint density at radius 2 is 1.86 bits per heavy atom. The fourth-order valence-electron chi connectivity index (χ4n) is 2.26. The van der Waals surface area contributed by atoms with Crippen molar-refractivity contribution in [3.8, 4) is 0 Å². The minimum absolute atomic E-state index is 0.0379. The van der Waals surface area contributed by atoms with Crippen molar-refractivity contribution in [1.29, 1.82) is 0 Å². The third-order valence-electron chi connectivity index (χ3n) is 3.37. The molecule has 2 rings (SSSR count). The number of halogens is 2. The lowest BCUT2D eigenvalue weighted by molar-refractivity contribution is 0.0752. The summed E-state index contributed by atoms with van der Waals surface area (Å²) in [6.07, 6.45) is 0.231. The summed E-state index contributed by atoms with van der Waals surface area (Å²) in [5, 5.41) is 0. The number of methoxy groups -OCH3 is 1. The Kier molecular flexibility index (Phi) is 5.17. The summed E-state index contributed by atoms with van der Waals surface area (Å²) in [5.41, 5.74) is 0.0379. The molecule has 2 amide bonds. The summed E-state index contributed by atoms with van der Waals surface area (Å²) in [6, 6.07) is 4.28. The Labute approximate surface area is 130 Å². The van der Waals surface area contributed by atoms with Crippen molar-refractivity contribution in [2.45, 2.75) is 6.42 Å². The van der Waals surface area contributed by atoms with Gasteiger partial charge in [-0.3, -0.25) is 4.79 Å². The van der Waals surface area contributed by atoms with Crippen LogP contribution in [-0.4, -0.2) is 55.1 Å². The molecule has 1 fully saturated rings. The highest BCUT2D eigenvalue weighted by Crippen LogP contribution is 2.18. The van der Waals surface area contributed by atoms with Gasteiger partial charge in [0.15, 0.2) is 0 Å². The zero-order valence-electron chi connectivity index (χ0n) is 11.6. The van der Waals surface area contributed by atoms with E-state index in [1.165, 1.54) is 19.2 Å². The number of hydrogen-bond acceptors (Lipinski definition) is 3. The van der Waals surface area contributed by atoms with Crippen LogP contribution in [0.25, 0.3) is 0 Å². The summed E-state index contributed by atoms with van der Waals surface area (Å²) in [6.45, 7) is 1.75. The first kappa shape index (κ1) is 15.8. The number of ether oxygens (including phenoxy) is 1. The van der Waals surface area contributed by atoms with Crippen molar-refractivity contribution in [2.75, 3.05) is 33.3 Å². The quantitative estimate of drug-likeness (QED) is 0.774. The molecule has 1 aromatic rings. The molecule has 1 saturated heterocycles. The van der Waals surface area contributed by atoms with Gasteiger partial charge in [-0.2, -0.15) is 0 Å². The SMILES string of the molecule is COC(=O)N1CCCN(C(=O)c2cc(Br)ccc2F)CC1. The van der Waals surface area contributed by atoms with Crippen molar-refractivity contribution in [3.05, 3.63) is 34.1 Å². The second-order valence-corrected chi connectivity index (χ2v) is 5.64. The smallest absolute Gasteiger partial charge is 0.409 e. The molecular weight excluding hydrogens is 343 g/mol. The van der Waals surface area contributed by atoms with E-state index in [1.54, 1.807) is 15.9 Å². The van der Waals surface area contributed by atoms with Crippen LogP contribution in [0.15, 0.2) is 22.7 Å². The summed E-state index contributed by atoms with van der Waals surface area (Å²) < 4.78 is 19.1. The van der Waals surface area contributed by atoms with Gasteiger partial charge in [0.05, 0.1) is 12.7 Å². The Morgan fingerprint density at radius 3 is 2.57 bits per heavy atom. The van der Waals surface area contributed by atoms with Crippen molar-refractivity contribution in [1.82, 2.24) is 9.80 Å². The highest BCUT2D eigenvalue weighted by atomic mass is 79.9. The normalized spacial score (nSPS) is 15.6. The van der Waals surface area contributed by atoms with E-state index in [0.29, 0.717) is 37.1 Å². The average Bonchev–Trinajstić information content (AvgIpc) is 2.74. The molecule has 0 unspecified atom stereocenters. The van der Waals surface area contributed by atoms with Crippen LogP contribution in [0.2, 0.25) is 0 Å². The van der Waals surface area contributed by atoms with Crippen molar-refractivity contribution >= 4 is 27.9 Å². The van der Waals surface area contributed by atoms with E-state index in [0.717, 1.165) is 0 Å². The average molecular weight is 359 g/mol. The van der Waals surface area contributed by atoms with Crippen molar-refractivity contribution in [3.63, 3.8) is 0 Å². The summed E-state index contributed by atoms with van der Waals surface area (Å²) in [7, 11) is 1.33. The topological polar surface area (TPSA) is 49.9 Å². The third kappa shape index (κ3) is 3.72. The minimum atomic E-state index is -0.544. The summed E-state index contributed by atoms with van der Waals surface area (Å²) in [4.78, 5) is 27.0. The second kappa shape index (κ2) is 6.89. The van der Waals surface area contributed by atoms with Crippen LogP contribution in [0.5, 0.6) is 0 Å². The molecular formula is C14H16BrFN2O3. The van der Waals surface area contributed by atoms with Gasteiger partial charge in [-0.05, 0) is 24.6 Å². The Bertz CT molecular complexity index is 553. The fourth-order valence-corrected chi connectivity index (χ4v) is 2.63. The molecule has 0 atom stereocenters. The number of carbonyl (C=O) groups is 2. The predicted molar refractivity (Wildman–Crippen MR) is 78.6 cm³/mol. The third-order valence-corrected chi connectivity index (χ3v) is 3.87. The highest BCUT2D eigenvalue weighted by Gasteiger charge is 2.24. The largest absolute Gasteiger partial charge is 0.453 e. The second-order valence-electron chi connectivity index (χ2n) is 4.73. The molecule has 5 nitrogen and oxygen atoms in total. The van der Waals surface area contributed by atoms with Gasteiger partial charge < -0.3 is 14.5 Å². The Hall–Kier alpha value is -1.63. The molecule has 0 bridgehead atoms. The molecule has 1 heterocycles. The van der Waals surface area contributed by atoms with Crippen molar-refractivity contribution < 1.29 is 18.7 Å². The van der Waals surface area contributed by atoms with Gasteiger partial charge in [0.1, 0.15) is 5.82 Å². The number of rotatable bonds is 1. The maximum absolute atomic E-state index is 13.8. The van der Waals surface area contributed by atoms with E-state index in [-0.39, 0.29) is 11.5 Å². The lowest BCUT2D eigenvalue weighted by Crippen LogP contribution is -2.37. The maximum atomic E-state index is 13.8. The molecule has 7 heteroatoms. The Balaban J connectivity index is 2.10. The zero-order chi connectivity index (χ0) is 15.4. The van der Waals surface area contributed by atoms with E-state index in [1.807, 2.05) is 0 Å². The van der Waals surface area contributed by atoms with E-state index in [4.69, 9.17) is 0 Å². The van der Waals surface area contributed by atoms with Gasteiger partial charge in [0.2, 0.25) is 0 Å². The van der Waals surface area contributed by atoms with Crippen LogP contribution in [0.1, 0.15) is 16.8 Å². The molecule has 0 saturated carbocycles.